The first-order valence-corrected chi connectivity index (χ1v) is 3.68. The summed E-state index contributed by atoms with van der Waals surface area (Å²) in [5, 5.41) is 0. The van der Waals surface area contributed by atoms with Gasteiger partial charge in [-0.15, -0.1) is 0 Å². The Morgan fingerprint density at radius 3 is 2.83 bits per heavy atom. The minimum atomic E-state index is -0.466. The number of aldehydes is 1. The monoisotopic (exact) mass is 163 g/mol. The van der Waals surface area contributed by atoms with Crippen LogP contribution in [0, 0.1) is 6.92 Å². The molecule has 1 aromatic rings. The molecule has 0 bridgehead atoms. The van der Waals surface area contributed by atoms with Crippen LogP contribution >= 0.6 is 0 Å². The van der Waals surface area contributed by atoms with Crippen molar-refractivity contribution in [1.82, 2.24) is 0 Å². The maximum absolute atomic E-state index is 10.5. The van der Waals surface area contributed by atoms with Gasteiger partial charge in [0.05, 0.1) is 0 Å². The molecule has 1 atom stereocenters. The lowest BCUT2D eigenvalue weighted by Gasteiger charge is -2.08. The summed E-state index contributed by atoms with van der Waals surface area (Å²) in [6.07, 6.45) is 0.307. The number of hydrogen-bond acceptors (Lipinski definition) is 2. The van der Waals surface area contributed by atoms with Gasteiger partial charge in [0.2, 0.25) is 0 Å². The number of hydrogen-bond donors (Lipinski definition) is 0. The Bertz CT molecular complexity index is 268. The molecule has 63 valence electrons. The van der Waals surface area contributed by atoms with E-state index in [9.17, 15) is 4.79 Å². The van der Waals surface area contributed by atoms with E-state index in [1.165, 1.54) is 7.11 Å². The van der Waals surface area contributed by atoms with Gasteiger partial charge >= 0.3 is 0 Å². The highest BCUT2D eigenvalue weighted by atomic mass is 16.5. The molecule has 0 amide bonds. The Morgan fingerprint density at radius 2 is 2.33 bits per heavy atom. The lowest BCUT2D eigenvalue weighted by atomic mass is 10.1. The van der Waals surface area contributed by atoms with Gasteiger partial charge in [-0.1, -0.05) is 24.3 Å². The highest BCUT2D eigenvalue weighted by Crippen LogP contribution is 2.14. The van der Waals surface area contributed by atoms with Crippen molar-refractivity contribution in [2.24, 2.45) is 0 Å². The zero-order valence-corrected chi connectivity index (χ0v) is 6.99. The number of carbonyl (C=O) groups excluding carboxylic acids is 1. The van der Waals surface area contributed by atoms with E-state index in [1.807, 2.05) is 24.3 Å². The second-order valence-electron chi connectivity index (χ2n) is 2.54. The number of carbonyl (C=O) groups is 1. The van der Waals surface area contributed by atoms with Gasteiger partial charge in [-0.05, 0) is 18.1 Å². The Hall–Kier alpha value is -1.15. The summed E-state index contributed by atoms with van der Waals surface area (Å²) in [5.41, 5.74) is 1.73. The largest absolute Gasteiger partial charge is 0.369 e. The molecule has 0 saturated heterocycles. The van der Waals surface area contributed by atoms with Crippen LogP contribution in [0.5, 0.6) is 0 Å². The summed E-state index contributed by atoms with van der Waals surface area (Å²) in [6.45, 7) is 3.76. The predicted molar refractivity (Wildman–Crippen MR) is 46.7 cm³/mol. The maximum Gasteiger partial charge on any atom is 0.153 e. The summed E-state index contributed by atoms with van der Waals surface area (Å²) in [4.78, 5) is 10.5. The molecule has 2 nitrogen and oxygen atoms in total. The Morgan fingerprint density at radius 1 is 1.58 bits per heavy atom. The predicted octanol–water partition coefficient (Wildman–Crippen LogP) is 1.76. The first kappa shape index (κ1) is 8.94. The average molecular weight is 163 g/mol. The topological polar surface area (TPSA) is 26.3 Å². The Balaban J connectivity index is 2.93. The molecule has 0 spiro atoms. The molecule has 0 N–H and O–H groups in total. The molecule has 0 aliphatic rings. The first-order valence-electron chi connectivity index (χ1n) is 3.68. The Kier molecular flexibility index (Phi) is 3.00. The maximum atomic E-state index is 10.5. The summed E-state index contributed by atoms with van der Waals surface area (Å²) >= 11 is 0. The molecule has 12 heavy (non-hydrogen) atoms. The fraction of sp³-hybridized carbons (Fsp3) is 0.200. The van der Waals surface area contributed by atoms with Crippen LogP contribution in [0.2, 0.25) is 0 Å². The fourth-order valence-electron chi connectivity index (χ4n) is 1.04. The van der Waals surface area contributed by atoms with E-state index >= 15 is 0 Å². The van der Waals surface area contributed by atoms with E-state index in [0.29, 0.717) is 0 Å². The molecule has 1 aromatic carbocycles. The van der Waals surface area contributed by atoms with Gasteiger partial charge in [0.15, 0.2) is 6.29 Å². The third-order valence-electron chi connectivity index (χ3n) is 1.66. The molecule has 0 saturated carbocycles. The summed E-state index contributed by atoms with van der Waals surface area (Å²) in [7, 11) is 1.51. The number of methoxy groups -OCH3 is 1. The van der Waals surface area contributed by atoms with Gasteiger partial charge in [0, 0.05) is 7.11 Å². The van der Waals surface area contributed by atoms with E-state index in [0.717, 1.165) is 17.4 Å². The van der Waals surface area contributed by atoms with E-state index in [-0.39, 0.29) is 0 Å². The third kappa shape index (κ3) is 1.92. The molecular weight excluding hydrogens is 152 g/mol. The van der Waals surface area contributed by atoms with Crippen molar-refractivity contribution >= 4 is 6.29 Å². The van der Waals surface area contributed by atoms with E-state index < -0.39 is 6.10 Å². The van der Waals surface area contributed by atoms with Gasteiger partial charge in [-0.2, -0.15) is 0 Å². The summed E-state index contributed by atoms with van der Waals surface area (Å²) in [5.74, 6) is 0. The van der Waals surface area contributed by atoms with Gasteiger partial charge < -0.3 is 9.53 Å². The smallest absolute Gasteiger partial charge is 0.153 e. The standard InChI is InChI=1S/C10H11O2/c1-8-4-3-5-9(6-8)10(7-11)12-2/h3-7,10H,1H2,2H3. The van der Waals surface area contributed by atoms with Gasteiger partial charge in [0.25, 0.3) is 0 Å². The zero-order valence-electron chi connectivity index (χ0n) is 6.99. The third-order valence-corrected chi connectivity index (χ3v) is 1.66. The van der Waals surface area contributed by atoms with E-state index in [2.05, 4.69) is 6.92 Å². The molecule has 0 aromatic heterocycles. The molecule has 0 aliphatic carbocycles. The summed E-state index contributed by atoms with van der Waals surface area (Å²) < 4.78 is 4.94. The highest BCUT2D eigenvalue weighted by Gasteiger charge is 2.07. The molecule has 2 heteroatoms. The van der Waals surface area contributed by atoms with Crippen molar-refractivity contribution in [3.05, 3.63) is 42.3 Å². The van der Waals surface area contributed by atoms with Crippen molar-refractivity contribution in [2.45, 2.75) is 6.10 Å². The van der Waals surface area contributed by atoms with Crippen LogP contribution < -0.4 is 0 Å². The van der Waals surface area contributed by atoms with Crippen molar-refractivity contribution < 1.29 is 9.53 Å². The van der Waals surface area contributed by atoms with Crippen LogP contribution in [0.4, 0.5) is 0 Å². The Labute approximate surface area is 72.2 Å². The second-order valence-corrected chi connectivity index (χ2v) is 2.54. The number of rotatable bonds is 3. The molecule has 0 aliphatic heterocycles. The van der Waals surface area contributed by atoms with Gasteiger partial charge in [-0.3, -0.25) is 0 Å². The lowest BCUT2D eigenvalue weighted by molar-refractivity contribution is -0.116. The lowest BCUT2D eigenvalue weighted by Crippen LogP contribution is -2.02. The van der Waals surface area contributed by atoms with E-state index in [4.69, 9.17) is 4.74 Å². The van der Waals surface area contributed by atoms with Gasteiger partial charge in [0.1, 0.15) is 6.10 Å². The fourth-order valence-corrected chi connectivity index (χ4v) is 1.04. The van der Waals surface area contributed by atoms with Crippen molar-refractivity contribution in [3.8, 4) is 0 Å². The van der Waals surface area contributed by atoms with Crippen molar-refractivity contribution in [2.75, 3.05) is 7.11 Å². The van der Waals surface area contributed by atoms with Crippen molar-refractivity contribution in [1.29, 1.82) is 0 Å². The van der Waals surface area contributed by atoms with Gasteiger partial charge in [-0.25, -0.2) is 0 Å². The molecule has 0 heterocycles. The quantitative estimate of drug-likeness (QED) is 0.634. The van der Waals surface area contributed by atoms with E-state index in [1.54, 1.807) is 0 Å². The zero-order chi connectivity index (χ0) is 8.97. The minimum Gasteiger partial charge on any atom is -0.369 e. The van der Waals surface area contributed by atoms with Crippen LogP contribution in [0.3, 0.4) is 0 Å². The normalized spacial score (nSPS) is 12.5. The molecule has 1 rings (SSSR count). The average Bonchev–Trinajstić information content (AvgIpc) is 2.07. The van der Waals surface area contributed by atoms with Crippen LogP contribution in [0.1, 0.15) is 17.2 Å². The van der Waals surface area contributed by atoms with Crippen LogP contribution in [-0.2, 0) is 9.53 Å². The second kappa shape index (κ2) is 4.02. The van der Waals surface area contributed by atoms with Crippen molar-refractivity contribution in [3.63, 3.8) is 0 Å². The minimum absolute atomic E-state index is 0.466. The van der Waals surface area contributed by atoms with Crippen LogP contribution in [0.15, 0.2) is 24.3 Å². The first-order chi connectivity index (χ1) is 5.77. The van der Waals surface area contributed by atoms with Crippen LogP contribution in [-0.4, -0.2) is 13.4 Å². The molecular formula is C10H11O2. The molecule has 1 radical (unpaired) electrons. The highest BCUT2D eigenvalue weighted by molar-refractivity contribution is 5.60. The summed E-state index contributed by atoms with van der Waals surface area (Å²) in [6, 6.07) is 7.41. The number of ether oxygens (including phenoxy) is 1. The molecule has 1 unspecified atom stereocenters. The van der Waals surface area contributed by atoms with Crippen LogP contribution in [0.25, 0.3) is 0 Å². The molecule has 0 fully saturated rings. The number of benzene rings is 1. The SMILES string of the molecule is [CH2]c1cccc(C(C=O)OC)c1.